The van der Waals surface area contributed by atoms with Gasteiger partial charge >= 0.3 is 5.97 Å². The Morgan fingerprint density at radius 2 is 1.70 bits per heavy atom. The summed E-state index contributed by atoms with van der Waals surface area (Å²) in [4.78, 5) is 39.7. The normalized spacial score (nSPS) is 10.3. The summed E-state index contributed by atoms with van der Waals surface area (Å²) in [6.45, 7) is -0.440. The largest absolute Gasteiger partial charge is 0.451 e. The molecule has 0 aliphatic rings. The van der Waals surface area contributed by atoms with Gasteiger partial charge in [0.2, 0.25) is 0 Å². The summed E-state index contributed by atoms with van der Waals surface area (Å²) in [6.07, 6.45) is 0. The Kier molecular flexibility index (Phi) is 5.41. The topological polar surface area (TPSA) is 97.4 Å². The van der Waals surface area contributed by atoms with Crippen LogP contribution in [0.2, 0.25) is 0 Å². The van der Waals surface area contributed by atoms with E-state index >= 15 is 0 Å². The molecule has 0 fully saturated rings. The van der Waals surface area contributed by atoms with Crippen molar-refractivity contribution in [2.24, 2.45) is 0 Å². The predicted molar refractivity (Wildman–Crippen MR) is 100 cm³/mol. The molecule has 1 heterocycles. The highest BCUT2D eigenvalue weighted by Gasteiger charge is 2.12. The van der Waals surface area contributed by atoms with Crippen LogP contribution in [0.1, 0.15) is 20.8 Å². The minimum Gasteiger partial charge on any atom is -0.451 e. The van der Waals surface area contributed by atoms with Crippen LogP contribution in [0.3, 0.4) is 0 Å². The average molecular weight is 363 g/mol. The second-order valence-electron chi connectivity index (χ2n) is 5.67. The maximum absolute atomic E-state index is 12.1. The summed E-state index contributed by atoms with van der Waals surface area (Å²) >= 11 is 0. The summed E-state index contributed by atoms with van der Waals surface area (Å²) in [7, 11) is 1.54. The van der Waals surface area contributed by atoms with E-state index < -0.39 is 18.5 Å². The first-order valence-electron chi connectivity index (χ1n) is 8.22. The van der Waals surface area contributed by atoms with E-state index in [4.69, 9.17) is 4.74 Å². The lowest BCUT2D eigenvalue weighted by Crippen LogP contribution is -2.21. The lowest BCUT2D eigenvalue weighted by molar-refractivity contribution is -0.119. The van der Waals surface area contributed by atoms with Gasteiger partial charge in [-0.05, 0) is 36.4 Å². The number of carbonyl (C=O) groups excluding carboxylic acids is 3. The van der Waals surface area contributed by atoms with Crippen molar-refractivity contribution in [2.45, 2.75) is 0 Å². The summed E-state index contributed by atoms with van der Waals surface area (Å²) in [5.41, 5.74) is 1.78. The Labute approximate surface area is 155 Å². The molecule has 0 bridgehead atoms. The standard InChI is InChI=1S/C20H17N3O4/c1-21-19(25)14-6-9-15(10-7-14)22-18(24)12-27-20(26)17-11-8-13-4-2-3-5-16(13)23-17/h2-11H,12H2,1H3,(H,21,25)(H,22,24). The van der Waals surface area contributed by atoms with E-state index in [1.807, 2.05) is 18.2 Å². The maximum Gasteiger partial charge on any atom is 0.357 e. The van der Waals surface area contributed by atoms with Crippen LogP contribution < -0.4 is 10.6 Å². The molecule has 3 rings (SSSR count). The number of nitrogens with one attached hydrogen (secondary N) is 2. The molecule has 3 aromatic rings. The monoisotopic (exact) mass is 363 g/mol. The lowest BCUT2D eigenvalue weighted by Gasteiger charge is -2.07. The Morgan fingerprint density at radius 3 is 2.44 bits per heavy atom. The Balaban J connectivity index is 1.56. The molecule has 0 aliphatic heterocycles. The molecule has 7 nitrogen and oxygen atoms in total. The molecular formula is C20H17N3O4. The number of anilines is 1. The van der Waals surface area contributed by atoms with E-state index in [-0.39, 0.29) is 11.6 Å². The maximum atomic E-state index is 12.1. The van der Waals surface area contributed by atoms with E-state index in [1.54, 1.807) is 42.5 Å². The molecule has 0 atom stereocenters. The smallest absolute Gasteiger partial charge is 0.357 e. The summed E-state index contributed by atoms with van der Waals surface area (Å²) in [5, 5.41) is 6.01. The number of fused-ring (bicyclic) bond motifs is 1. The highest BCUT2D eigenvalue weighted by Crippen LogP contribution is 2.13. The minimum absolute atomic E-state index is 0.136. The van der Waals surface area contributed by atoms with Crippen molar-refractivity contribution in [3.8, 4) is 0 Å². The molecule has 7 heteroatoms. The summed E-state index contributed by atoms with van der Waals surface area (Å²) in [6, 6.07) is 17.1. The van der Waals surface area contributed by atoms with E-state index in [2.05, 4.69) is 15.6 Å². The van der Waals surface area contributed by atoms with Crippen LogP contribution in [-0.4, -0.2) is 36.4 Å². The molecule has 0 radical (unpaired) electrons. The number of benzene rings is 2. The first-order chi connectivity index (χ1) is 13.1. The fourth-order valence-electron chi connectivity index (χ4n) is 2.43. The number of para-hydroxylation sites is 1. The zero-order valence-corrected chi connectivity index (χ0v) is 14.6. The highest BCUT2D eigenvalue weighted by molar-refractivity contribution is 5.97. The Morgan fingerprint density at radius 1 is 0.963 bits per heavy atom. The number of aromatic nitrogens is 1. The number of hydrogen-bond donors (Lipinski definition) is 2. The number of amides is 2. The van der Waals surface area contributed by atoms with Gasteiger partial charge in [-0.3, -0.25) is 9.59 Å². The van der Waals surface area contributed by atoms with Gasteiger partial charge in [0.15, 0.2) is 6.61 Å². The van der Waals surface area contributed by atoms with Crippen molar-refractivity contribution in [1.82, 2.24) is 10.3 Å². The van der Waals surface area contributed by atoms with Gasteiger partial charge in [-0.25, -0.2) is 9.78 Å². The number of pyridine rings is 1. The SMILES string of the molecule is CNC(=O)c1ccc(NC(=O)COC(=O)c2ccc3ccccc3n2)cc1. The zero-order valence-electron chi connectivity index (χ0n) is 14.6. The number of esters is 1. The van der Waals surface area contributed by atoms with Crippen LogP contribution >= 0.6 is 0 Å². The van der Waals surface area contributed by atoms with Crippen LogP contribution in [0.25, 0.3) is 10.9 Å². The molecule has 0 spiro atoms. The number of rotatable bonds is 5. The van der Waals surface area contributed by atoms with Gasteiger partial charge in [-0.2, -0.15) is 0 Å². The second kappa shape index (κ2) is 8.09. The molecule has 1 aromatic heterocycles. The van der Waals surface area contributed by atoms with Crippen LogP contribution in [0, 0.1) is 0 Å². The quantitative estimate of drug-likeness (QED) is 0.679. The molecule has 2 aromatic carbocycles. The molecule has 0 unspecified atom stereocenters. The van der Waals surface area contributed by atoms with Gasteiger partial charge in [0.1, 0.15) is 5.69 Å². The van der Waals surface area contributed by atoms with Gasteiger partial charge in [-0.1, -0.05) is 24.3 Å². The first kappa shape index (κ1) is 18.1. The third-order valence-electron chi connectivity index (χ3n) is 3.80. The fourth-order valence-corrected chi connectivity index (χ4v) is 2.43. The van der Waals surface area contributed by atoms with Gasteiger partial charge in [0, 0.05) is 23.7 Å². The number of hydrogen-bond acceptors (Lipinski definition) is 5. The van der Waals surface area contributed by atoms with E-state index in [1.165, 1.54) is 7.05 Å². The number of carbonyl (C=O) groups is 3. The molecule has 0 saturated carbocycles. The van der Waals surface area contributed by atoms with Crippen molar-refractivity contribution >= 4 is 34.4 Å². The fraction of sp³-hybridized carbons (Fsp3) is 0.100. The van der Waals surface area contributed by atoms with Crippen LogP contribution in [0.4, 0.5) is 5.69 Å². The van der Waals surface area contributed by atoms with Crippen LogP contribution in [0.5, 0.6) is 0 Å². The van der Waals surface area contributed by atoms with Crippen LogP contribution in [0.15, 0.2) is 60.7 Å². The minimum atomic E-state index is -0.675. The van der Waals surface area contributed by atoms with E-state index in [0.29, 0.717) is 16.8 Å². The highest BCUT2D eigenvalue weighted by atomic mass is 16.5. The summed E-state index contributed by atoms with van der Waals surface area (Å²) in [5.74, 6) is -1.38. The second-order valence-corrected chi connectivity index (χ2v) is 5.67. The molecule has 2 N–H and O–H groups in total. The van der Waals surface area contributed by atoms with Crippen molar-refractivity contribution in [2.75, 3.05) is 19.0 Å². The van der Waals surface area contributed by atoms with Crippen molar-refractivity contribution in [3.05, 3.63) is 71.9 Å². The Bertz CT molecular complexity index is 1000. The molecule has 0 aliphatic carbocycles. The molecule has 136 valence electrons. The molecule has 0 saturated heterocycles. The van der Waals surface area contributed by atoms with Gasteiger partial charge < -0.3 is 15.4 Å². The molecule has 2 amide bonds. The number of ether oxygens (including phenoxy) is 1. The first-order valence-corrected chi connectivity index (χ1v) is 8.22. The van der Waals surface area contributed by atoms with Crippen molar-refractivity contribution in [1.29, 1.82) is 0 Å². The molecule has 27 heavy (non-hydrogen) atoms. The van der Waals surface area contributed by atoms with Crippen molar-refractivity contribution < 1.29 is 19.1 Å². The summed E-state index contributed by atoms with van der Waals surface area (Å²) < 4.78 is 5.01. The lowest BCUT2D eigenvalue weighted by atomic mass is 10.2. The van der Waals surface area contributed by atoms with Gasteiger partial charge in [0.25, 0.3) is 11.8 Å². The van der Waals surface area contributed by atoms with E-state index in [9.17, 15) is 14.4 Å². The third-order valence-corrected chi connectivity index (χ3v) is 3.80. The Hall–Kier alpha value is -3.74. The third kappa shape index (κ3) is 4.46. The molecular weight excluding hydrogens is 346 g/mol. The average Bonchev–Trinajstić information content (AvgIpc) is 2.71. The van der Waals surface area contributed by atoms with Crippen molar-refractivity contribution in [3.63, 3.8) is 0 Å². The van der Waals surface area contributed by atoms with Gasteiger partial charge in [-0.15, -0.1) is 0 Å². The van der Waals surface area contributed by atoms with Gasteiger partial charge in [0.05, 0.1) is 5.52 Å². The van der Waals surface area contributed by atoms with E-state index in [0.717, 1.165) is 5.39 Å². The zero-order chi connectivity index (χ0) is 19.2. The predicted octanol–water partition coefficient (Wildman–Crippen LogP) is 2.39. The number of nitrogens with zero attached hydrogens (tertiary/aromatic N) is 1. The van der Waals surface area contributed by atoms with Crippen LogP contribution in [-0.2, 0) is 9.53 Å².